The van der Waals surface area contributed by atoms with Gasteiger partial charge < -0.3 is 9.32 Å². The van der Waals surface area contributed by atoms with Crippen LogP contribution < -0.4 is 5.56 Å². The molecule has 0 aliphatic carbocycles. The third kappa shape index (κ3) is 2.63. The van der Waals surface area contributed by atoms with Crippen molar-refractivity contribution in [3.63, 3.8) is 0 Å². The van der Waals surface area contributed by atoms with Crippen LogP contribution in [0.3, 0.4) is 0 Å². The number of nitrogens with zero attached hydrogens (tertiary/aromatic N) is 3. The Labute approximate surface area is 133 Å². The lowest BCUT2D eigenvalue weighted by atomic mass is 10.2. The molecule has 0 radical (unpaired) electrons. The van der Waals surface area contributed by atoms with E-state index in [1.807, 2.05) is 19.9 Å². The summed E-state index contributed by atoms with van der Waals surface area (Å²) in [6, 6.07) is 6.90. The van der Waals surface area contributed by atoms with E-state index in [2.05, 4.69) is 4.98 Å². The zero-order valence-electron chi connectivity index (χ0n) is 13.2. The van der Waals surface area contributed by atoms with Gasteiger partial charge in [-0.05, 0) is 37.6 Å². The van der Waals surface area contributed by atoms with Crippen LogP contribution in [0.2, 0.25) is 0 Å². The van der Waals surface area contributed by atoms with Crippen LogP contribution in [0.1, 0.15) is 34.6 Å². The molecular formula is C17H17N3O3. The largest absolute Gasteiger partial charge is 0.467 e. The number of amides is 1. The summed E-state index contributed by atoms with van der Waals surface area (Å²) >= 11 is 0. The molecule has 1 unspecified atom stereocenters. The van der Waals surface area contributed by atoms with E-state index >= 15 is 0 Å². The molecule has 0 aliphatic rings. The minimum absolute atomic E-state index is 0.0361. The second kappa shape index (κ2) is 5.72. The molecule has 0 aromatic carbocycles. The Morgan fingerprint density at radius 2 is 2.13 bits per heavy atom. The summed E-state index contributed by atoms with van der Waals surface area (Å²) in [7, 11) is 1.64. The Hall–Kier alpha value is -2.89. The number of rotatable bonds is 3. The Balaban J connectivity index is 2.01. The lowest BCUT2D eigenvalue weighted by Crippen LogP contribution is -2.34. The first-order valence-electron chi connectivity index (χ1n) is 7.27. The molecule has 0 bridgehead atoms. The second-order valence-electron chi connectivity index (χ2n) is 5.52. The highest BCUT2D eigenvalue weighted by atomic mass is 16.3. The molecule has 6 nitrogen and oxygen atoms in total. The minimum Gasteiger partial charge on any atom is -0.467 e. The fourth-order valence-electron chi connectivity index (χ4n) is 2.42. The van der Waals surface area contributed by atoms with Crippen molar-refractivity contribution in [3.8, 4) is 0 Å². The molecule has 0 N–H and O–H groups in total. The zero-order chi connectivity index (χ0) is 16.6. The van der Waals surface area contributed by atoms with Crippen LogP contribution in [-0.2, 0) is 0 Å². The van der Waals surface area contributed by atoms with Gasteiger partial charge in [-0.1, -0.05) is 6.07 Å². The van der Waals surface area contributed by atoms with Gasteiger partial charge in [0, 0.05) is 19.4 Å². The van der Waals surface area contributed by atoms with E-state index in [0.29, 0.717) is 11.4 Å². The van der Waals surface area contributed by atoms with Crippen molar-refractivity contribution in [1.82, 2.24) is 14.3 Å². The molecule has 6 heteroatoms. The predicted molar refractivity (Wildman–Crippen MR) is 85.4 cm³/mol. The van der Waals surface area contributed by atoms with Gasteiger partial charge in [0.1, 0.15) is 17.0 Å². The van der Waals surface area contributed by atoms with E-state index in [4.69, 9.17) is 4.42 Å². The van der Waals surface area contributed by atoms with Crippen LogP contribution in [0.5, 0.6) is 0 Å². The lowest BCUT2D eigenvalue weighted by Gasteiger charge is -2.23. The van der Waals surface area contributed by atoms with Crippen molar-refractivity contribution in [1.29, 1.82) is 0 Å². The van der Waals surface area contributed by atoms with Crippen LogP contribution in [0, 0.1) is 6.92 Å². The van der Waals surface area contributed by atoms with Crippen molar-refractivity contribution in [2.75, 3.05) is 7.05 Å². The first-order chi connectivity index (χ1) is 11.0. The van der Waals surface area contributed by atoms with Crippen molar-refractivity contribution in [3.05, 3.63) is 70.2 Å². The maximum atomic E-state index is 12.7. The highest BCUT2D eigenvalue weighted by Crippen LogP contribution is 2.20. The number of furan rings is 1. The van der Waals surface area contributed by atoms with Crippen molar-refractivity contribution >= 4 is 11.6 Å². The van der Waals surface area contributed by atoms with E-state index < -0.39 is 0 Å². The van der Waals surface area contributed by atoms with Gasteiger partial charge in [-0.15, -0.1) is 0 Å². The summed E-state index contributed by atoms with van der Waals surface area (Å²) < 4.78 is 6.72. The average Bonchev–Trinajstić information content (AvgIpc) is 3.08. The molecule has 0 fully saturated rings. The van der Waals surface area contributed by atoms with Crippen molar-refractivity contribution in [2.45, 2.75) is 19.9 Å². The zero-order valence-corrected chi connectivity index (χ0v) is 13.2. The van der Waals surface area contributed by atoms with Crippen LogP contribution >= 0.6 is 0 Å². The van der Waals surface area contributed by atoms with E-state index in [1.165, 1.54) is 15.5 Å². The van der Waals surface area contributed by atoms with Crippen molar-refractivity contribution in [2.24, 2.45) is 0 Å². The van der Waals surface area contributed by atoms with E-state index in [0.717, 1.165) is 5.56 Å². The molecule has 3 aromatic heterocycles. The monoisotopic (exact) mass is 311 g/mol. The number of carbonyl (C=O) groups excluding carboxylic acids is 1. The molecule has 0 saturated heterocycles. The molecule has 3 rings (SSSR count). The normalized spacial score (nSPS) is 12.3. The summed E-state index contributed by atoms with van der Waals surface area (Å²) in [6.07, 6.45) is 4.57. The molecule has 3 aromatic rings. The van der Waals surface area contributed by atoms with Crippen LogP contribution in [-0.4, -0.2) is 27.2 Å². The number of carbonyl (C=O) groups is 1. The number of hydrogen-bond donors (Lipinski definition) is 0. The van der Waals surface area contributed by atoms with E-state index in [-0.39, 0.29) is 23.1 Å². The predicted octanol–water partition coefficient (Wildman–Crippen LogP) is 2.43. The van der Waals surface area contributed by atoms with Gasteiger partial charge in [0.25, 0.3) is 11.5 Å². The fourth-order valence-corrected chi connectivity index (χ4v) is 2.42. The number of fused-ring (bicyclic) bond motifs is 1. The van der Waals surface area contributed by atoms with Gasteiger partial charge in [0.2, 0.25) is 0 Å². The van der Waals surface area contributed by atoms with Gasteiger partial charge in [-0.25, -0.2) is 4.98 Å². The third-order valence-corrected chi connectivity index (χ3v) is 3.94. The molecule has 0 spiro atoms. The van der Waals surface area contributed by atoms with Crippen molar-refractivity contribution < 1.29 is 9.21 Å². The molecule has 3 heterocycles. The van der Waals surface area contributed by atoms with E-state index in [9.17, 15) is 9.59 Å². The number of pyridine rings is 1. The molecule has 1 amide bonds. The molecule has 23 heavy (non-hydrogen) atoms. The summed E-state index contributed by atoms with van der Waals surface area (Å²) in [5.74, 6) is 0.271. The second-order valence-corrected chi connectivity index (χ2v) is 5.52. The standard InChI is InChI=1S/C17H17N3O3/c1-11-6-7-15-18-9-13(17(22)20(15)10-11)16(21)19(3)12(2)14-5-4-8-23-14/h4-10,12H,1-3H3. The summed E-state index contributed by atoms with van der Waals surface area (Å²) in [4.78, 5) is 30.9. The molecule has 0 aliphatic heterocycles. The summed E-state index contributed by atoms with van der Waals surface area (Å²) in [5, 5.41) is 0. The number of aryl methyl sites for hydroxylation is 1. The minimum atomic E-state index is -0.387. The molecule has 0 saturated carbocycles. The highest BCUT2D eigenvalue weighted by Gasteiger charge is 2.23. The first-order valence-corrected chi connectivity index (χ1v) is 7.27. The Morgan fingerprint density at radius 3 is 2.83 bits per heavy atom. The molecular weight excluding hydrogens is 294 g/mol. The van der Waals surface area contributed by atoms with Gasteiger partial charge in [0.15, 0.2) is 0 Å². The Bertz CT molecular complexity index is 912. The summed E-state index contributed by atoms with van der Waals surface area (Å²) in [6.45, 7) is 3.72. The van der Waals surface area contributed by atoms with Gasteiger partial charge in [-0.3, -0.25) is 14.0 Å². The van der Waals surface area contributed by atoms with Gasteiger partial charge in [0.05, 0.1) is 12.3 Å². The smallest absolute Gasteiger partial charge is 0.270 e. The first kappa shape index (κ1) is 15.0. The molecule has 1 atom stereocenters. The maximum absolute atomic E-state index is 12.7. The fraction of sp³-hybridized carbons (Fsp3) is 0.235. The lowest BCUT2D eigenvalue weighted by molar-refractivity contribution is 0.0724. The maximum Gasteiger partial charge on any atom is 0.270 e. The van der Waals surface area contributed by atoms with Crippen LogP contribution in [0.25, 0.3) is 5.65 Å². The quantitative estimate of drug-likeness (QED) is 0.745. The Morgan fingerprint density at radius 1 is 1.35 bits per heavy atom. The SMILES string of the molecule is Cc1ccc2ncc(C(=O)N(C)C(C)c3ccco3)c(=O)n2c1. The Kier molecular flexibility index (Phi) is 3.73. The van der Waals surface area contributed by atoms with Gasteiger partial charge in [-0.2, -0.15) is 0 Å². The summed E-state index contributed by atoms with van der Waals surface area (Å²) in [5.41, 5.74) is 1.10. The number of aromatic nitrogens is 2. The van der Waals surface area contributed by atoms with E-state index in [1.54, 1.807) is 37.7 Å². The topological polar surface area (TPSA) is 67.8 Å². The van der Waals surface area contributed by atoms with Crippen LogP contribution in [0.4, 0.5) is 0 Å². The average molecular weight is 311 g/mol. The third-order valence-electron chi connectivity index (χ3n) is 3.94. The van der Waals surface area contributed by atoms with Crippen LogP contribution in [0.15, 0.2) is 52.1 Å². The highest BCUT2D eigenvalue weighted by molar-refractivity contribution is 5.93. The van der Waals surface area contributed by atoms with Gasteiger partial charge >= 0.3 is 0 Å². The molecule has 118 valence electrons. The number of hydrogen-bond acceptors (Lipinski definition) is 4.